The molecule has 1 unspecified atom stereocenters. The number of primary amides is 1. The third kappa shape index (κ3) is 4.91. The predicted molar refractivity (Wildman–Crippen MR) is 114 cm³/mol. The summed E-state index contributed by atoms with van der Waals surface area (Å²) in [6, 6.07) is 8.64. The highest BCUT2D eigenvalue weighted by Gasteiger charge is 2.36. The van der Waals surface area contributed by atoms with Gasteiger partial charge in [-0.1, -0.05) is 12.1 Å². The SMILES string of the molecule is CCOC(=O)CCCCC1(c2cccnc2)N=c2ccc(CN(O)C(N)=O)cc2=C1C. The monoisotopic (exact) mass is 424 g/mol. The number of carbonyl (C=O) groups is 2. The first-order valence-electron chi connectivity index (χ1n) is 10.4. The molecule has 0 saturated heterocycles. The number of nitrogens with two attached hydrogens (primary N) is 1. The smallest absolute Gasteiger partial charge is 0.338 e. The molecule has 0 saturated carbocycles. The van der Waals surface area contributed by atoms with E-state index in [0.29, 0.717) is 24.5 Å². The van der Waals surface area contributed by atoms with Crippen molar-refractivity contribution >= 4 is 17.6 Å². The number of esters is 1. The molecule has 1 aromatic carbocycles. The summed E-state index contributed by atoms with van der Waals surface area (Å²) in [5.41, 5.74) is 7.35. The molecule has 164 valence electrons. The second-order valence-corrected chi connectivity index (χ2v) is 7.60. The largest absolute Gasteiger partial charge is 0.466 e. The molecule has 1 aliphatic heterocycles. The summed E-state index contributed by atoms with van der Waals surface area (Å²) in [4.78, 5) is 32.2. The molecule has 2 heterocycles. The van der Waals surface area contributed by atoms with Crippen molar-refractivity contribution in [2.75, 3.05) is 6.61 Å². The second-order valence-electron chi connectivity index (χ2n) is 7.60. The van der Waals surface area contributed by atoms with Crippen molar-refractivity contribution in [1.82, 2.24) is 10.0 Å². The normalized spacial score (nSPS) is 17.1. The lowest BCUT2D eigenvalue weighted by Gasteiger charge is -2.29. The molecule has 2 amide bonds. The zero-order valence-corrected chi connectivity index (χ0v) is 17.9. The predicted octanol–water partition coefficient (Wildman–Crippen LogP) is 2.17. The number of hydroxylamine groups is 2. The lowest BCUT2D eigenvalue weighted by molar-refractivity contribution is -0.143. The first kappa shape index (κ1) is 22.4. The third-order valence-corrected chi connectivity index (χ3v) is 5.60. The van der Waals surface area contributed by atoms with E-state index in [0.717, 1.165) is 40.1 Å². The van der Waals surface area contributed by atoms with E-state index in [2.05, 4.69) is 4.98 Å². The lowest BCUT2D eigenvalue weighted by Crippen LogP contribution is -2.33. The van der Waals surface area contributed by atoms with Crippen LogP contribution in [0.1, 0.15) is 50.7 Å². The highest BCUT2D eigenvalue weighted by Crippen LogP contribution is 2.39. The van der Waals surface area contributed by atoms with Gasteiger partial charge in [-0.2, -0.15) is 0 Å². The zero-order chi connectivity index (χ0) is 22.4. The molecule has 0 aliphatic carbocycles. The highest BCUT2D eigenvalue weighted by atomic mass is 16.5. The number of rotatable bonds is 9. The van der Waals surface area contributed by atoms with E-state index in [1.54, 1.807) is 13.1 Å². The van der Waals surface area contributed by atoms with Gasteiger partial charge in [-0.05, 0) is 62.4 Å². The molecule has 3 rings (SSSR count). The molecule has 0 bridgehead atoms. The van der Waals surface area contributed by atoms with E-state index in [1.165, 1.54) is 0 Å². The Hall–Kier alpha value is -3.26. The van der Waals surface area contributed by atoms with Crippen LogP contribution in [0.2, 0.25) is 0 Å². The third-order valence-electron chi connectivity index (χ3n) is 5.60. The number of carbonyl (C=O) groups excluding carboxylic acids is 2. The van der Waals surface area contributed by atoms with Crippen molar-refractivity contribution in [3.8, 4) is 0 Å². The quantitative estimate of drug-likeness (QED) is 0.277. The molecule has 0 radical (unpaired) electrons. The molecule has 0 spiro atoms. The second kappa shape index (κ2) is 9.70. The van der Waals surface area contributed by atoms with E-state index >= 15 is 0 Å². The Balaban J connectivity index is 1.92. The number of nitrogens with zero attached hydrogens (tertiary/aromatic N) is 3. The fraction of sp³-hybridized carbons (Fsp3) is 0.391. The van der Waals surface area contributed by atoms with E-state index in [9.17, 15) is 14.8 Å². The minimum Gasteiger partial charge on any atom is -0.466 e. The summed E-state index contributed by atoms with van der Waals surface area (Å²) in [5, 5.41) is 12.0. The standard InChI is InChI=1S/C23H28N4O4/c1-3-31-21(28)8-4-5-11-23(18-7-6-12-25-14-18)16(2)19-13-17(9-10-20(19)26-23)15-27(30)22(24)29/h6-7,9-10,12-14,30H,3-5,8,11,15H2,1-2H3,(H2,24,29). The van der Waals surface area contributed by atoms with Crippen LogP contribution >= 0.6 is 0 Å². The van der Waals surface area contributed by atoms with Crippen LogP contribution < -0.4 is 16.3 Å². The Bertz CT molecular complexity index is 1070. The summed E-state index contributed by atoms with van der Waals surface area (Å²) >= 11 is 0. The molecule has 1 aliphatic rings. The van der Waals surface area contributed by atoms with Crippen molar-refractivity contribution in [3.63, 3.8) is 0 Å². The van der Waals surface area contributed by atoms with Gasteiger partial charge in [0, 0.05) is 29.6 Å². The van der Waals surface area contributed by atoms with Gasteiger partial charge in [0.2, 0.25) is 0 Å². The number of unbranched alkanes of at least 4 members (excludes halogenated alkanes) is 1. The summed E-state index contributed by atoms with van der Waals surface area (Å²) < 4.78 is 5.02. The highest BCUT2D eigenvalue weighted by molar-refractivity contribution is 5.70. The first-order valence-corrected chi connectivity index (χ1v) is 10.4. The first-order chi connectivity index (χ1) is 14.9. The van der Waals surface area contributed by atoms with Crippen molar-refractivity contribution < 1.29 is 19.5 Å². The van der Waals surface area contributed by atoms with Crippen molar-refractivity contribution in [2.24, 2.45) is 10.7 Å². The number of urea groups is 1. The Kier molecular flexibility index (Phi) is 7.02. The van der Waals surface area contributed by atoms with Crippen LogP contribution in [0.4, 0.5) is 4.79 Å². The molecule has 8 nitrogen and oxygen atoms in total. The molecule has 1 aromatic heterocycles. The van der Waals surface area contributed by atoms with Gasteiger partial charge in [-0.15, -0.1) is 0 Å². The van der Waals surface area contributed by atoms with Gasteiger partial charge >= 0.3 is 12.0 Å². The zero-order valence-electron chi connectivity index (χ0n) is 17.9. The summed E-state index contributed by atoms with van der Waals surface area (Å²) in [6.45, 7) is 4.23. The van der Waals surface area contributed by atoms with Crippen molar-refractivity contribution in [2.45, 2.75) is 51.6 Å². The van der Waals surface area contributed by atoms with E-state index < -0.39 is 11.6 Å². The van der Waals surface area contributed by atoms with Crippen LogP contribution in [-0.2, 0) is 21.6 Å². The summed E-state index contributed by atoms with van der Waals surface area (Å²) in [5.74, 6) is -0.182. The fourth-order valence-corrected chi connectivity index (χ4v) is 4.00. The number of ether oxygens (including phenoxy) is 1. The minimum atomic E-state index is -0.905. The number of hydrogen-bond donors (Lipinski definition) is 2. The Morgan fingerprint density at radius 3 is 2.74 bits per heavy atom. The van der Waals surface area contributed by atoms with Crippen LogP contribution in [0.25, 0.3) is 5.57 Å². The van der Waals surface area contributed by atoms with Crippen LogP contribution in [0.5, 0.6) is 0 Å². The van der Waals surface area contributed by atoms with Gasteiger partial charge in [-0.3, -0.25) is 20.0 Å². The molecule has 31 heavy (non-hydrogen) atoms. The van der Waals surface area contributed by atoms with E-state index in [-0.39, 0.29) is 12.5 Å². The number of amides is 2. The van der Waals surface area contributed by atoms with Crippen LogP contribution in [0.15, 0.2) is 47.7 Å². The average Bonchev–Trinajstić information content (AvgIpc) is 3.04. The lowest BCUT2D eigenvalue weighted by atomic mass is 9.80. The Morgan fingerprint density at radius 1 is 1.26 bits per heavy atom. The number of fused-ring (bicyclic) bond motifs is 1. The molecular weight excluding hydrogens is 396 g/mol. The van der Waals surface area contributed by atoms with E-state index in [1.807, 2.05) is 43.5 Å². The van der Waals surface area contributed by atoms with Gasteiger partial charge in [0.25, 0.3) is 0 Å². The van der Waals surface area contributed by atoms with E-state index in [4.69, 9.17) is 15.5 Å². The topological polar surface area (TPSA) is 118 Å². The number of pyridine rings is 1. The Morgan fingerprint density at radius 2 is 2.06 bits per heavy atom. The van der Waals surface area contributed by atoms with Crippen molar-refractivity contribution in [1.29, 1.82) is 0 Å². The summed E-state index contributed by atoms with van der Waals surface area (Å²) in [7, 11) is 0. The maximum absolute atomic E-state index is 11.7. The maximum atomic E-state index is 11.7. The fourth-order valence-electron chi connectivity index (χ4n) is 4.00. The number of hydrogen-bond acceptors (Lipinski definition) is 6. The molecule has 2 aromatic rings. The van der Waals surface area contributed by atoms with Gasteiger partial charge in [-0.25, -0.2) is 9.86 Å². The van der Waals surface area contributed by atoms with Crippen LogP contribution in [0, 0.1) is 0 Å². The molecule has 8 heteroatoms. The van der Waals surface area contributed by atoms with Gasteiger partial charge in [0.05, 0.1) is 18.5 Å². The minimum absolute atomic E-state index is 0.00464. The summed E-state index contributed by atoms with van der Waals surface area (Å²) in [6.07, 6.45) is 6.17. The molecule has 1 atom stereocenters. The molecule has 3 N–H and O–H groups in total. The number of benzene rings is 1. The van der Waals surface area contributed by atoms with Gasteiger partial charge in [0.15, 0.2) is 0 Å². The Labute approximate surface area is 181 Å². The number of aromatic nitrogens is 1. The molecular formula is C23H28N4O4. The van der Waals surface area contributed by atoms with Crippen molar-refractivity contribution in [3.05, 3.63) is 64.4 Å². The molecule has 0 fully saturated rings. The van der Waals surface area contributed by atoms with Crippen LogP contribution in [-0.4, -0.2) is 33.9 Å². The van der Waals surface area contributed by atoms with Gasteiger partial charge in [0.1, 0.15) is 5.54 Å². The van der Waals surface area contributed by atoms with Crippen LogP contribution in [0.3, 0.4) is 0 Å². The maximum Gasteiger partial charge on any atom is 0.338 e. The average molecular weight is 425 g/mol. The van der Waals surface area contributed by atoms with Gasteiger partial charge < -0.3 is 10.5 Å².